The van der Waals surface area contributed by atoms with Crippen LogP contribution in [0.5, 0.6) is 0 Å². The average molecular weight is 346 g/mol. The summed E-state index contributed by atoms with van der Waals surface area (Å²) in [4.78, 5) is 12.3. The number of esters is 1. The van der Waals surface area contributed by atoms with Crippen molar-refractivity contribution in [1.82, 2.24) is 0 Å². The zero-order valence-electron chi connectivity index (χ0n) is 14.8. The number of methoxy groups -OCH3 is 1. The van der Waals surface area contributed by atoms with E-state index in [1.165, 1.54) is 7.11 Å². The Hall–Kier alpha value is -0.840. The quantitative estimate of drug-likeness (QED) is 0.511. The van der Waals surface area contributed by atoms with Crippen LogP contribution in [-0.2, 0) is 27.7 Å². The highest BCUT2D eigenvalue weighted by Gasteiger charge is 2.64. The van der Waals surface area contributed by atoms with Gasteiger partial charge in [0, 0.05) is 11.3 Å². The van der Waals surface area contributed by atoms with Gasteiger partial charge in [-0.1, -0.05) is 20.8 Å². The molecule has 0 amide bonds. The first-order valence-corrected chi connectivity index (χ1v) is 9.54. The fourth-order valence-corrected chi connectivity index (χ4v) is 5.22. The van der Waals surface area contributed by atoms with Crippen LogP contribution in [0, 0.1) is 16.7 Å². The maximum atomic E-state index is 12.8. The molecule has 1 saturated carbocycles. The smallest absolute Gasteiger partial charge is 0.466 e. The Labute approximate surface area is 138 Å². The number of allylic oxidation sites excluding steroid dienone is 1. The van der Waals surface area contributed by atoms with E-state index in [2.05, 4.69) is 13.8 Å². The topological polar surface area (TPSA) is 71.1 Å². The van der Waals surface area contributed by atoms with Gasteiger partial charge in [-0.15, -0.1) is 0 Å². The number of ether oxygens (including phenoxy) is 1. The molecule has 1 fully saturated rings. The van der Waals surface area contributed by atoms with Gasteiger partial charge in [-0.2, -0.15) is 0 Å². The van der Waals surface area contributed by atoms with E-state index in [-0.39, 0.29) is 24.5 Å². The van der Waals surface area contributed by atoms with Crippen LogP contribution in [0.2, 0.25) is 0 Å². The summed E-state index contributed by atoms with van der Waals surface area (Å²) in [6.45, 7) is 10.1. The molecule has 0 spiro atoms. The lowest BCUT2D eigenvalue weighted by Crippen LogP contribution is -2.30. The van der Waals surface area contributed by atoms with Crippen LogP contribution in [0.15, 0.2) is 11.3 Å². The molecule has 2 atom stereocenters. The second-order valence-electron chi connectivity index (χ2n) is 6.75. The van der Waals surface area contributed by atoms with E-state index in [9.17, 15) is 9.36 Å². The summed E-state index contributed by atoms with van der Waals surface area (Å²) in [5.41, 5.74) is -0.105. The lowest BCUT2D eigenvalue weighted by Gasteiger charge is -2.36. The van der Waals surface area contributed by atoms with Crippen molar-refractivity contribution in [2.45, 2.75) is 47.5 Å². The highest BCUT2D eigenvalue weighted by Crippen LogP contribution is 2.70. The van der Waals surface area contributed by atoms with Gasteiger partial charge < -0.3 is 9.26 Å². The molecule has 0 radical (unpaired) electrons. The van der Waals surface area contributed by atoms with Crippen LogP contribution in [-0.4, -0.2) is 26.3 Å². The second-order valence-corrected chi connectivity index (χ2v) is 8.35. The van der Waals surface area contributed by atoms with Crippen LogP contribution in [0.25, 0.3) is 0 Å². The molecule has 0 aromatic carbocycles. The Morgan fingerprint density at radius 3 is 2.26 bits per heavy atom. The van der Waals surface area contributed by atoms with Crippen LogP contribution in [0.3, 0.4) is 0 Å². The van der Waals surface area contributed by atoms with Gasteiger partial charge in [0.05, 0.1) is 25.9 Å². The van der Waals surface area contributed by atoms with Crippen molar-refractivity contribution in [2.75, 3.05) is 20.3 Å². The summed E-state index contributed by atoms with van der Waals surface area (Å²) in [5.74, 6) is 0.00327. The van der Waals surface area contributed by atoms with Crippen molar-refractivity contribution in [2.24, 2.45) is 16.7 Å². The number of rotatable bonds is 7. The Bertz CT molecular complexity index is 557. The molecule has 2 bridgehead atoms. The number of phosphoric ester groups is 1. The van der Waals surface area contributed by atoms with Crippen molar-refractivity contribution < 1.29 is 27.7 Å². The summed E-state index contributed by atoms with van der Waals surface area (Å²) in [5, 5.41) is 0. The van der Waals surface area contributed by atoms with Crippen molar-refractivity contribution in [3.05, 3.63) is 11.3 Å². The molecule has 0 heterocycles. The lowest BCUT2D eigenvalue weighted by atomic mass is 9.70. The molecule has 2 unspecified atom stereocenters. The van der Waals surface area contributed by atoms with Gasteiger partial charge in [0.25, 0.3) is 0 Å². The van der Waals surface area contributed by atoms with E-state index in [1.807, 2.05) is 6.92 Å². The average Bonchev–Trinajstić information content (AvgIpc) is 2.79. The van der Waals surface area contributed by atoms with Gasteiger partial charge in [0.15, 0.2) is 0 Å². The summed E-state index contributed by atoms with van der Waals surface area (Å²) >= 11 is 0. The summed E-state index contributed by atoms with van der Waals surface area (Å²) in [6.07, 6.45) is 1.74. The minimum Gasteiger partial charge on any atom is -0.466 e. The number of hydrogen-bond acceptors (Lipinski definition) is 6. The fraction of sp³-hybridized carbons (Fsp3) is 0.812. The zero-order valence-corrected chi connectivity index (χ0v) is 15.7. The Balaban J connectivity index is 2.49. The lowest BCUT2D eigenvalue weighted by molar-refractivity contribution is -0.137. The Kier molecular flexibility index (Phi) is 5.01. The van der Waals surface area contributed by atoms with E-state index >= 15 is 0 Å². The molecule has 2 rings (SSSR count). The van der Waals surface area contributed by atoms with E-state index in [1.54, 1.807) is 13.8 Å². The zero-order chi connectivity index (χ0) is 17.5. The van der Waals surface area contributed by atoms with E-state index in [4.69, 9.17) is 18.3 Å². The number of hydrogen-bond donors (Lipinski definition) is 0. The molecule has 7 heteroatoms. The number of carbonyl (C=O) groups excluding carboxylic acids is 1. The third kappa shape index (κ3) is 2.75. The molecule has 0 saturated heterocycles. The number of carbonyl (C=O) groups is 1. The fourth-order valence-electron chi connectivity index (χ4n) is 3.88. The maximum Gasteiger partial charge on any atom is 0.529 e. The summed E-state index contributed by atoms with van der Waals surface area (Å²) in [6, 6.07) is 0. The molecule has 0 aromatic rings. The van der Waals surface area contributed by atoms with Gasteiger partial charge in [0.2, 0.25) is 0 Å². The minimum absolute atomic E-state index is 0.0200. The molecule has 2 aliphatic rings. The molecule has 0 N–H and O–H groups in total. The monoisotopic (exact) mass is 346 g/mol. The predicted molar refractivity (Wildman–Crippen MR) is 85.6 cm³/mol. The third-order valence-corrected chi connectivity index (χ3v) is 7.06. The van der Waals surface area contributed by atoms with Crippen LogP contribution in [0.1, 0.15) is 47.5 Å². The van der Waals surface area contributed by atoms with Gasteiger partial charge in [-0.25, -0.2) is 9.36 Å². The normalized spacial score (nSPS) is 29.0. The largest absolute Gasteiger partial charge is 0.529 e. The van der Waals surface area contributed by atoms with Gasteiger partial charge >= 0.3 is 13.8 Å². The molecular formula is C16H27O6P. The van der Waals surface area contributed by atoms with Gasteiger partial charge in [0.1, 0.15) is 5.76 Å². The molecule has 0 aromatic heterocycles. The number of fused-ring (bicyclic) bond motifs is 2. The summed E-state index contributed by atoms with van der Waals surface area (Å²) < 4.78 is 34.0. The number of phosphoric acid groups is 1. The van der Waals surface area contributed by atoms with Crippen molar-refractivity contribution in [3.63, 3.8) is 0 Å². The van der Waals surface area contributed by atoms with E-state index in [0.29, 0.717) is 11.3 Å². The summed E-state index contributed by atoms with van der Waals surface area (Å²) in [7, 11) is -2.40. The van der Waals surface area contributed by atoms with Crippen LogP contribution in [0.4, 0.5) is 0 Å². The first-order valence-electron chi connectivity index (χ1n) is 8.08. The van der Waals surface area contributed by atoms with E-state index < -0.39 is 19.2 Å². The van der Waals surface area contributed by atoms with Crippen molar-refractivity contribution >= 4 is 13.8 Å². The van der Waals surface area contributed by atoms with Crippen LogP contribution < -0.4 is 0 Å². The molecule has 6 nitrogen and oxygen atoms in total. The minimum atomic E-state index is -3.75. The van der Waals surface area contributed by atoms with Gasteiger partial charge in [-0.05, 0) is 32.1 Å². The van der Waals surface area contributed by atoms with Crippen LogP contribution >= 0.6 is 7.82 Å². The SMILES string of the molecule is CCOP(=O)(OCC)OC1=C(C(=O)OC)C2CCC1(C)C2(C)C. The molecule has 2 aliphatic carbocycles. The third-order valence-electron chi connectivity index (χ3n) is 5.50. The highest BCUT2D eigenvalue weighted by molar-refractivity contribution is 7.48. The first kappa shape index (κ1) is 18.5. The Morgan fingerprint density at radius 1 is 1.22 bits per heavy atom. The standard InChI is InChI=1S/C16H27O6P/c1-7-20-23(18,21-8-2)22-13-12(14(17)19-6)11-9-10-16(13,5)15(11,3)4/h11H,7-10H2,1-6H3. The highest BCUT2D eigenvalue weighted by atomic mass is 31.2. The van der Waals surface area contributed by atoms with Gasteiger partial charge in [-0.3, -0.25) is 9.05 Å². The van der Waals surface area contributed by atoms with Crippen molar-refractivity contribution in [3.8, 4) is 0 Å². The second kappa shape index (κ2) is 6.23. The molecule has 23 heavy (non-hydrogen) atoms. The van der Waals surface area contributed by atoms with E-state index in [0.717, 1.165) is 12.8 Å². The first-order chi connectivity index (χ1) is 10.7. The Morgan fingerprint density at radius 2 is 1.78 bits per heavy atom. The molecule has 132 valence electrons. The molecular weight excluding hydrogens is 319 g/mol. The molecule has 0 aliphatic heterocycles. The van der Waals surface area contributed by atoms with Crippen molar-refractivity contribution in [1.29, 1.82) is 0 Å². The maximum absolute atomic E-state index is 12.8. The predicted octanol–water partition coefficient (Wildman–Crippen LogP) is 4.07.